The van der Waals surface area contributed by atoms with E-state index in [9.17, 15) is 18.9 Å². The van der Waals surface area contributed by atoms with Crippen molar-refractivity contribution in [1.29, 1.82) is 0 Å². The first kappa shape index (κ1) is 24.2. The maximum atomic E-state index is 12.4. The fourth-order valence-corrected chi connectivity index (χ4v) is 1.81. The summed E-state index contributed by atoms with van der Waals surface area (Å²) >= 11 is 0. The average Bonchev–Trinajstić information content (AvgIpc) is 2.66. The molecule has 0 saturated carbocycles. The molecule has 0 aliphatic carbocycles. The zero-order chi connectivity index (χ0) is 20.3. The molecular formula is C15H21O10P. The van der Waals surface area contributed by atoms with E-state index in [0.29, 0.717) is 0 Å². The molecule has 0 aliphatic heterocycles. The van der Waals surface area contributed by atoms with E-state index in [1.54, 1.807) is 0 Å². The molecule has 0 aromatic rings. The van der Waals surface area contributed by atoms with Crippen molar-refractivity contribution in [2.24, 2.45) is 0 Å². The topological polar surface area (TPSA) is 124 Å². The second kappa shape index (κ2) is 11.8. The summed E-state index contributed by atoms with van der Waals surface area (Å²) in [4.78, 5) is 47.8. The lowest BCUT2D eigenvalue weighted by atomic mass is 10.3. The number of ketones is 3. The van der Waals surface area contributed by atoms with Crippen LogP contribution in [0.1, 0.15) is 20.8 Å². The minimum atomic E-state index is -4.76. The Hall–Kier alpha value is -1.78. The molecule has 0 N–H and O–H groups in total. The van der Waals surface area contributed by atoms with Crippen molar-refractivity contribution in [2.45, 2.75) is 39.1 Å². The highest BCUT2D eigenvalue weighted by Gasteiger charge is 2.36. The maximum Gasteiger partial charge on any atom is 0.556 e. The van der Waals surface area contributed by atoms with Crippen LogP contribution in [0.5, 0.6) is 0 Å². The highest BCUT2D eigenvalue weighted by Crippen LogP contribution is 2.51. The Balaban J connectivity index is 5.02. The lowest BCUT2D eigenvalue weighted by molar-refractivity contribution is -0.340. The van der Waals surface area contributed by atoms with Gasteiger partial charge >= 0.3 is 7.82 Å². The Morgan fingerprint density at radius 2 is 0.923 bits per heavy atom. The molecule has 0 saturated heterocycles. The minimum Gasteiger partial charge on any atom is -0.292 e. The fraction of sp³-hybridized carbons (Fsp3) is 0.400. The summed E-state index contributed by atoms with van der Waals surface area (Å²) in [5.74, 6) is -1.78. The molecule has 3 atom stereocenters. The van der Waals surface area contributed by atoms with Crippen LogP contribution < -0.4 is 0 Å². The number of hydrogen-bond donors (Lipinski definition) is 0. The van der Waals surface area contributed by atoms with E-state index < -0.39 is 43.5 Å². The van der Waals surface area contributed by atoms with Gasteiger partial charge in [0, 0.05) is 0 Å². The third-order valence-corrected chi connectivity index (χ3v) is 3.45. The second-order valence-electron chi connectivity index (χ2n) is 4.71. The standard InChI is InChI=1S/C15H21O10P/c1-7-13(16)10(4)20-23-26(19,24-21-11(5)14(17)8-2)25-22-12(6)15(18)9-3/h7-12H,1-3H2,4-6H3. The smallest absolute Gasteiger partial charge is 0.292 e. The van der Waals surface area contributed by atoms with E-state index >= 15 is 0 Å². The molecule has 10 nitrogen and oxygen atoms in total. The van der Waals surface area contributed by atoms with Crippen molar-refractivity contribution in [3.63, 3.8) is 0 Å². The first-order valence-corrected chi connectivity index (χ1v) is 8.70. The predicted octanol–water partition coefficient (Wildman–Crippen LogP) is 2.37. The first-order valence-electron chi connectivity index (χ1n) is 7.24. The summed E-state index contributed by atoms with van der Waals surface area (Å²) in [7, 11) is -4.76. The van der Waals surface area contributed by atoms with Gasteiger partial charge in [-0.3, -0.25) is 14.4 Å². The van der Waals surface area contributed by atoms with Crippen LogP contribution in [0.2, 0.25) is 0 Å². The van der Waals surface area contributed by atoms with Gasteiger partial charge in [-0.25, -0.2) is 19.2 Å². The molecule has 0 bridgehead atoms. The van der Waals surface area contributed by atoms with Crippen molar-refractivity contribution in [2.75, 3.05) is 0 Å². The van der Waals surface area contributed by atoms with Crippen molar-refractivity contribution in [1.82, 2.24) is 0 Å². The van der Waals surface area contributed by atoms with E-state index in [0.717, 1.165) is 18.2 Å². The molecule has 0 aromatic heterocycles. The van der Waals surface area contributed by atoms with Gasteiger partial charge in [-0.2, -0.15) is 0 Å². The lowest BCUT2D eigenvalue weighted by Gasteiger charge is -2.18. The number of rotatable bonds is 15. The van der Waals surface area contributed by atoms with Gasteiger partial charge in [0.2, 0.25) is 0 Å². The van der Waals surface area contributed by atoms with E-state index in [1.807, 2.05) is 0 Å². The molecule has 0 amide bonds. The minimum absolute atomic E-state index is 0.594. The summed E-state index contributed by atoms with van der Waals surface area (Å²) in [6.07, 6.45) is -0.803. The van der Waals surface area contributed by atoms with Crippen molar-refractivity contribution in [3.8, 4) is 0 Å². The molecule has 0 heterocycles. The summed E-state index contributed by atoms with van der Waals surface area (Å²) < 4.78 is 25.8. The van der Waals surface area contributed by atoms with Gasteiger partial charge in [-0.15, -0.1) is 14.0 Å². The molecule has 0 spiro atoms. The van der Waals surface area contributed by atoms with Gasteiger partial charge in [0.25, 0.3) is 0 Å². The van der Waals surface area contributed by atoms with Crippen LogP contribution in [-0.4, -0.2) is 35.7 Å². The lowest BCUT2D eigenvalue weighted by Crippen LogP contribution is -2.23. The Kier molecular flexibility index (Phi) is 11.0. The van der Waals surface area contributed by atoms with E-state index in [1.165, 1.54) is 20.8 Å². The molecule has 0 rings (SSSR count). The van der Waals surface area contributed by atoms with Gasteiger partial charge in [-0.05, 0) is 39.0 Å². The van der Waals surface area contributed by atoms with Crippen LogP contribution in [0.3, 0.4) is 0 Å². The van der Waals surface area contributed by atoms with Gasteiger partial charge in [0.1, 0.15) is 0 Å². The number of hydrogen-bond acceptors (Lipinski definition) is 10. The molecule has 11 heteroatoms. The Bertz CT molecular complexity index is 518. The SMILES string of the molecule is C=CC(=O)C(C)OOP(=O)(OOC(C)C(=O)C=C)OOC(C)C(=O)C=C. The normalized spacial score (nSPS) is 16.6. The molecule has 0 aromatic carbocycles. The van der Waals surface area contributed by atoms with E-state index in [2.05, 4.69) is 48.4 Å². The molecule has 0 aliphatic rings. The highest BCUT2D eigenvalue weighted by atomic mass is 31.2. The summed E-state index contributed by atoms with van der Waals surface area (Å²) in [6.45, 7) is 13.5. The van der Waals surface area contributed by atoms with Crippen LogP contribution >= 0.6 is 7.82 Å². The first-order chi connectivity index (χ1) is 12.1. The van der Waals surface area contributed by atoms with Crippen molar-refractivity contribution >= 4 is 25.2 Å². The Labute approximate surface area is 150 Å². The quantitative estimate of drug-likeness (QED) is 0.177. The van der Waals surface area contributed by atoms with Gasteiger partial charge in [-0.1, -0.05) is 19.7 Å². The second-order valence-corrected chi connectivity index (χ2v) is 6.05. The molecule has 0 radical (unpaired) electrons. The van der Waals surface area contributed by atoms with E-state index in [-0.39, 0.29) is 0 Å². The third-order valence-electron chi connectivity index (χ3n) is 2.64. The fourth-order valence-electron chi connectivity index (χ4n) is 1.03. The number of phosphoric acid groups is 1. The van der Waals surface area contributed by atoms with Crippen molar-refractivity contribution in [3.05, 3.63) is 38.0 Å². The molecular weight excluding hydrogens is 371 g/mol. The summed E-state index contributed by atoms with van der Waals surface area (Å²) in [5.41, 5.74) is 0. The number of carbonyl (C=O) groups excluding carboxylic acids is 3. The average molecular weight is 392 g/mol. The Morgan fingerprint density at radius 1 is 0.692 bits per heavy atom. The zero-order valence-electron chi connectivity index (χ0n) is 14.6. The van der Waals surface area contributed by atoms with E-state index in [4.69, 9.17) is 0 Å². The van der Waals surface area contributed by atoms with Crippen LogP contribution in [0.4, 0.5) is 0 Å². The molecule has 26 heavy (non-hydrogen) atoms. The largest absolute Gasteiger partial charge is 0.556 e. The molecule has 146 valence electrons. The van der Waals surface area contributed by atoms with Crippen molar-refractivity contribution < 1.29 is 47.6 Å². The molecule has 3 unspecified atom stereocenters. The maximum absolute atomic E-state index is 12.4. The Morgan fingerprint density at radius 3 is 1.12 bits per heavy atom. The third kappa shape index (κ3) is 8.54. The zero-order valence-corrected chi connectivity index (χ0v) is 15.5. The monoisotopic (exact) mass is 392 g/mol. The van der Waals surface area contributed by atoms with Gasteiger partial charge in [0.05, 0.1) is 0 Å². The predicted molar refractivity (Wildman–Crippen MR) is 88.1 cm³/mol. The highest BCUT2D eigenvalue weighted by molar-refractivity contribution is 7.48. The van der Waals surface area contributed by atoms with Crippen LogP contribution in [0.25, 0.3) is 0 Å². The molecule has 0 fully saturated rings. The van der Waals surface area contributed by atoms with Crippen LogP contribution in [-0.2, 0) is 47.6 Å². The summed E-state index contributed by atoms with van der Waals surface area (Å²) in [6, 6.07) is 0. The van der Waals surface area contributed by atoms with Gasteiger partial charge in [0.15, 0.2) is 35.7 Å². The number of carbonyl (C=O) groups is 3. The van der Waals surface area contributed by atoms with Crippen LogP contribution in [0.15, 0.2) is 38.0 Å². The van der Waals surface area contributed by atoms with Gasteiger partial charge < -0.3 is 0 Å². The van der Waals surface area contributed by atoms with Crippen LogP contribution in [0, 0.1) is 0 Å². The summed E-state index contributed by atoms with van der Waals surface area (Å²) in [5, 5.41) is 0.